The molecule has 1 heterocycles. The molecule has 0 aliphatic carbocycles. The summed E-state index contributed by atoms with van der Waals surface area (Å²) in [5, 5.41) is 19.8. The second-order valence-electron chi connectivity index (χ2n) is 12.1. The third-order valence-electron chi connectivity index (χ3n) is 7.73. The predicted octanol–water partition coefficient (Wildman–Crippen LogP) is 7.40. The van der Waals surface area contributed by atoms with Crippen molar-refractivity contribution in [3.05, 3.63) is 107 Å². The minimum absolute atomic E-state index is 0.0700. The van der Waals surface area contributed by atoms with E-state index in [1.807, 2.05) is 45.0 Å². The molecule has 0 radical (unpaired) electrons. The van der Waals surface area contributed by atoms with Crippen molar-refractivity contribution in [2.75, 3.05) is 30.2 Å². The zero-order chi connectivity index (χ0) is 35.3. The summed E-state index contributed by atoms with van der Waals surface area (Å²) < 4.78 is 17.0. The number of methoxy groups -OCH3 is 2. The largest absolute Gasteiger partial charge is 0.496 e. The topological polar surface area (TPSA) is 174 Å². The minimum Gasteiger partial charge on any atom is -0.496 e. The van der Waals surface area contributed by atoms with Crippen LogP contribution < -0.4 is 35.9 Å². The van der Waals surface area contributed by atoms with E-state index in [4.69, 9.17) is 19.9 Å². The van der Waals surface area contributed by atoms with Crippen LogP contribution in [-0.2, 0) is 12.0 Å². The molecule has 1 aromatic heterocycles. The number of urea groups is 1. The number of anilines is 3. The fraction of sp³-hybridized carbons (Fsp3) is 0.189. The highest BCUT2D eigenvalue weighted by molar-refractivity contribution is 6.09. The summed E-state index contributed by atoms with van der Waals surface area (Å²) >= 11 is 0. The molecule has 252 valence electrons. The second kappa shape index (κ2) is 14.2. The van der Waals surface area contributed by atoms with Crippen LogP contribution in [0.25, 0.3) is 10.8 Å². The molecule has 4 aromatic carbocycles. The van der Waals surface area contributed by atoms with Gasteiger partial charge in [0.25, 0.3) is 5.91 Å². The summed E-state index contributed by atoms with van der Waals surface area (Å²) in [6.07, 6.45) is 1.63. The number of pyridine rings is 1. The lowest BCUT2D eigenvalue weighted by atomic mass is 9.85. The number of carboxylic acid groups (broad SMARTS) is 1. The van der Waals surface area contributed by atoms with Gasteiger partial charge in [0.1, 0.15) is 22.8 Å². The number of hydrogen-bond donors (Lipinski definition) is 5. The maximum atomic E-state index is 13.3. The smallest absolute Gasteiger partial charge is 0.339 e. The Morgan fingerprint density at radius 3 is 2.22 bits per heavy atom. The van der Waals surface area contributed by atoms with Gasteiger partial charge in [-0.2, -0.15) is 0 Å². The van der Waals surface area contributed by atoms with Crippen molar-refractivity contribution in [1.82, 2.24) is 4.98 Å². The summed E-state index contributed by atoms with van der Waals surface area (Å²) in [6, 6.07) is 22.2. The van der Waals surface area contributed by atoms with Gasteiger partial charge in [-0.15, -0.1) is 0 Å². The number of aromatic nitrogens is 1. The molecule has 0 saturated carbocycles. The Balaban J connectivity index is 1.34. The van der Waals surface area contributed by atoms with E-state index in [-0.39, 0.29) is 28.0 Å². The van der Waals surface area contributed by atoms with Crippen LogP contribution in [0.4, 0.5) is 21.9 Å². The predicted molar refractivity (Wildman–Crippen MR) is 188 cm³/mol. The monoisotopic (exact) mass is 663 g/mol. The number of primary amides is 1. The van der Waals surface area contributed by atoms with E-state index in [9.17, 15) is 19.5 Å². The molecular weight excluding hydrogens is 626 g/mol. The van der Waals surface area contributed by atoms with Crippen LogP contribution in [0.15, 0.2) is 85.1 Å². The van der Waals surface area contributed by atoms with Gasteiger partial charge >= 0.3 is 12.0 Å². The van der Waals surface area contributed by atoms with Crippen LogP contribution >= 0.6 is 0 Å². The number of amides is 3. The van der Waals surface area contributed by atoms with E-state index < -0.39 is 17.9 Å². The number of aromatic carboxylic acids is 1. The number of carbonyl (C=O) groups excluding carboxylic acids is 2. The normalized spacial score (nSPS) is 11.0. The fourth-order valence-corrected chi connectivity index (χ4v) is 5.22. The van der Waals surface area contributed by atoms with Crippen molar-refractivity contribution in [3.63, 3.8) is 0 Å². The molecule has 49 heavy (non-hydrogen) atoms. The zero-order valence-corrected chi connectivity index (χ0v) is 27.7. The highest BCUT2D eigenvalue weighted by atomic mass is 16.5. The highest BCUT2D eigenvalue weighted by Crippen LogP contribution is 2.37. The number of carbonyl (C=O) groups is 3. The van der Waals surface area contributed by atoms with Crippen LogP contribution in [0, 0.1) is 0 Å². The first-order valence-corrected chi connectivity index (χ1v) is 15.3. The van der Waals surface area contributed by atoms with E-state index in [1.54, 1.807) is 54.7 Å². The fourth-order valence-electron chi connectivity index (χ4n) is 5.22. The summed E-state index contributed by atoms with van der Waals surface area (Å²) in [6.45, 7) is 6.32. The van der Waals surface area contributed by atoms with E-state index >= 15 is 0 Å². The van der Waals surface area contributed by atoms with Gasteiger partial charge in [0, 0.05) is 34.8 Å². The van der Waals surface area contributed by atoms with E-state index in [0.717, 1.165) is 16.3 Å². The van der Waals surface area contributed by atoms with Gasteiger partial charge in [0.05, 0.1) is 43.4 Å². The lowest BCUT2D eigenvalue weighted by Crippen LogP contribution is -2.23. The SMILES string of the molecule is COc1cc(NCc2cc(Oc3ccc(NC(=O)Nc4cc(C(C)(C)C)cc(C(N)=O)c4OC)c4ccccc34)ccn2)ccc1C(=O)O. The van der Waals surface area contributed by atoms with Gasteiger partial charge in [-0.1, -0.05) is 45.0 Å². The Bertz CT molecular complexity index is 2060. The first-order chi connectivity index (χ1) is 23.4. The van der Waals surface area contributed by atoms with Gasteiger partial charge in [-0.25, -0.2) is 9.59 Å². The maximum absolute atomic E-state index is 13.3. The number of hydrogen-bond acceptors (Lipinski definition) is 8. The lowest BCUT2D eigenvalue weighted by molar-refractivity contribution is 0.0693. The first kappa shape index (κ1) is 34.0. The van der Waals surface area contributed by atoms with Crippen molar-refractivity contribution < 1.29 is 33.7 Å². The number of nitrogens with zero attached hydrogens (tertiary/aromatic N) is 1. The highest BCUT2D eigenvalue weighted by Gasteiger charge is 2.23. The summed E-state index contributed by atoms with van der Waals surface area (Å²) in [7, 11) is 2.83. The first-order valence-electron chi connectivity index (χ1n) is 15.3. The minimum atomic E-state index is -1.07. The molecule has 0 unspecified atom stereocenters. The quantitative estimate of drug-likeness (QED) is 0.0965. The molecular formula is C37H37N5O7. The number of carboxylic acids is 1. The van der Waals surface area contributed by atoms with E-state index in [2.05, 4.69) is 20.9 Å². The Hall–Kier alpha value is -6.30. The molecule has 12 nitrogen and oxygen atoms in total. The van der Waals surface area contributed by atoms with Crippen molar-refractivity contribution in [2.45, 2.75) is 32.7 Å². The molecule has 6 N–H and O–H groups in total. The molecule has 0 atom stereocenters. The molecule has 0 spiro atoms. The van der Waals surface area contributed by atoms with Crippen molar-refractivity contribution >= 4 is 45.7 Å². The molecule has 0 fully saturated rings. The molecule has 5 aromatic rings. The molecule has 0 aliphatic heterocycles. The number of nitrogens with two attached hydrogens (primary N) is 1. The molecule has 5 rings (SSSR count). The number of fused-ring (bicyclic) bond motifs is 1. The molecule has 0 bridgehead atoms. The Morgan fingerprint density at radius 2 is 1.55 bits per heavy atom. The molecule has 0 saturated heterocycles. The third-order valence-corrected chi connectivity index (χ3v) is 7.73. The Morgan fingerprint density at radius 1 is 0.816 bits per heavy atom. The Kier molecular flexibility index (Phi) is 9.88. The molecule has 3 amide bonds. The standard InChI is InChI=1S/C37H37N5O7/c1-37(2,3)21-16-28(34(38)43)33(48-5)30(17-21)42-36(46)41-29-12-13-31(26-9-7-6-8-25(26)29)49-24-14-15-39-23(18-24)20-40-22-10-11-27(35(44)45)32(19-22)47-4/h6-19,40H,20H2,1-5H3,(H2,38,43)(H,44,45)(H2,41,42,46). The van der Waals surface area contributed by atoms with E-state index in [1.165, 1.54) is 20.3 Å². The van der Waals surface area contributed by atoms with Crippen molar-refractivity contribution in [3.8, 4) is 23.0 Å². The van der Waals surface area contributed by atoms with Gasteiger partial charge < -0.3 is 41.0 Å². The third kappa shape index (κ3) is 7.82. The van der Waals surface area contributed by atoms with Gasteiger partial charge in [-0.3, -0.25) is 9.78 Å². The van der Waals surface area contributed by atoms with Gasteiger partial charge in [-0.05, 0) is 53.4 Å². The number of nitrogens with one attached hydrogen (secondary N) is 3. The Labute approximate surface area is 283 Å². The second-order valence-corrected chi connectivity index (χ2v) is 12.1. The average molecular weight is 664 g/mol. The van der Waals surface area contributed by atoms with Crippen molar-refractivity contribution in [1.29, 1.82) is 0 Å². The molecule has 0 aliphatic rings. The van der Waals surface area contributed by atoms with Crippen LogP contribution in [0.5, 0.6) is 23.0 Å². The summed E-state index contributed by atoms with van der Waals surface area (Å²) in [5.74, 6) is -0.212. The molecule has 12 heteroatoms. The van der Waals surface area contributed by atoms with Gasteiger partial charge in [0.2, 0.25) is 0 Å². The lowest BCUT2D eigenvalue weighted by Gasteiger charge is -2.23. The van der Waals surface area contributed by atoms with Crippen LogP contribution in [0.2, 0.25) is 0 Å². The van der Waals surface area contributed by atoms with Gasteiger partial charge in [0.15, 0.2) is 5.75 Å². The zero-order valence-electron chi connectivity index (χ0n) is 27.7. The van der Waals surface area contributed by atoms with Crippen LogP contribution in [-0.4, -0.2) is 42.2 Å². The van der Waals surface area contributed by atoms with E-state index in [0.29, 0.717) is 40.8 Å². The number of benzene rings is 4. The van der Waals surface area contributed by atoms with Crippen LogP contribution in [0.3, 0.4) is 0 Å². The van der Waals surface area contributed by atoms with Crippen molar-refractivity contribution in [2.24, 2.45) is 5.73 Å². The number of ether oxygens (including phenoxy) is 3. The van der Waals surface area contributed by atoms with Crippen LogP contribution in [0.1, 0.15) is 52.7 Å². The maximum Gasteiger partial charge on any atom is 0.339 e. The average Bonchev–Trinajstić information content (AvgIpc) is 3.07. The number of rotatable bonds is 11. The summed E-state index contributed by atoms with van der Waals surface area (Å²) in [4.78, 5) is 41.4. The summed E-state index contributed by atoms with van der Waals surface area (Å²) in [5.41, 5.74) is 8.55.